The second kappa shape index (κ2) is 3.80. The molecule has 5 nitrogen and oxygen atoms in total. The summed E-state index contributed by atoms with van der Waals surface area (Å²) in [6.07, 6.45) is 3.43. The largest absolute Gasteiger partial charge is 0.293 e. The van der Waals surface area contributed by atoms with Gasteiger partial charge in [-0.2, -0.15) is 0 Å². The number of rotatable bonds is 2. The van der Waals surface area contributed by atoms with Gasteiger partial charge in [-0.3, -0.25) is 9.50 Å². The molecule has 0 atom stereocenters. The lowest BCUT2D eigenvalue weighted by Crippen LogP contribution is -1.85. The van der Waals surface area contributed by atoms with E-state index in [9.17, 15) is 0 Å². The van der Waals surface area contributed by atoms with Crippen molar-refractivity contribution >= 4 is 29.0 Å². The van der Waals surface area contributed by atoms with Gasteiger partial charge in [0.05, 0.1) is 0 Å². The number of imidazole rings is 1. The van der Waals surface area contributed by atoms with Crippen LogP contribution in [0.3, 0.4) is 0 Å². The molecule has 0 spiro atoms. The Morgan fingerprint density at radius 2 is 2.31 bits per heavy atom. The normalized spacial score (nSPS) is 11.1. The summed E-state index contributed by atoms with van der Waals surface area (Å²) in [5.41, 5.74) is 0.811. The van der Waals surface area contributed by atoms with E-state index in [0.29, 0.717) is 10.3 Å². The van der Waals surface area contributed by atoms with Crippen molar-refractivity contribution in [3.8, 4) is 0 Å². The molecular formula is C9H6ClN5S. The average molecular weight is 252 g/mol. The minimum atomic E-state index is 0.459. The first-order chi connectivity index (χ1) is 7.84. The van der Waals surface area contributed by atoms with Crippen LogP contribution < -0.4 is 0 Å². The number of nitrogens with one attached hydrogen (secondary N) is 1. The summed E-state index contributed by atoms with van der Waals surface area (Å²) < 4.78 is 1.91. The third kappa shape index (κ3) is 1.56. The second-order valence-corrected chi connectivity index (χ2v) is 4.33. The van der Waals surface area contributed by atoms with Crippen molar-refractivity contribution < 1.29 is 0 Å². The molecule has 0 aliphatic carbocycles. The molecule has 16 heavy (non-hydrogen) atoms. The molecule has 0 aliphatic rings. The highest BCUT2D eigenvalue weighted by Gasteiger charge is 2.12. The van der Waals surface area contributed by atoms with Crippen molar-refractivity contribution in [2.45, 2.75) is 10.2 Å². The molecule has 0 unspecified atom stereocenters. The molecule has 0 saturated carbocycles. The molecule has 0 radical (unpaired) electrons. The monoisotopic (exact) mass is 251 g/mol. The van der Waals surface area contributed by atoms with Crippen LogP contribution in [0.15, 0.2) is 40.9 Å². The summed E-state index contributed by atoms with van der Waals surface area (Å²) in [5.74, 6) is 0. The Morgan fingerprint density at radius 3 is 3.12 bits per heavy atom. The van der Waals surface area contributed by atoms with E-state index >= 15 is 0 Å². The van der Waals surface area contributed by atoms with Crippen LogP contribution in [0, 0.1) is 0 Å². The predicted molar refractivity (Wildman–Crippen MR) is 60.7 cm³/mol. The van der Waals surface area contributed by atoms with Gasteiger partial charge in [-0.15, -0.1) is 5.10 Å². The number of hydrogen-bond donors (Lipinski definition) is 1. The van der Waals surface area contributed by atoms with Crippen LogP contribution in [0.2, 0.25) is 5.15 Å². The van der Waals surface area contributed by atoms with Crippen LogP contribution in [-0.4, -0.2) is 24.6 Å². The van der Waals surface area contributed by atoms with Crippen molar-refractivity contribution in [3.05, 3.63) is 35.9 Å². The van der Waals surface area contributed by atoms with E-state index in [0.717, 1.165) is 10.7 Å². The Hall–Kier alpha value is -1.53. The van der Waals surface area contributed by atoms with Gasteiger partial charge in [-0.25, -0.2) is 9.97 Å². The number of halogens is 1. The molecule has 0 amide bonds. The van der Waals surface area contributed by atoms with E-state index in [1.54, 1.807) is 0 Å². The summed E-state index contributed by atoms with van der Waals surface area (Å²) in [6.45, 7) is 0. The molecule has 3 heterocycles. The first kappa shape index (κ1) is 9.68. The van der Waals surface area contributed by atoms with Crippen LogP contribution >= 0.6 is 23.4 Å². The molecule has 7 heteroatoms. The third-order valence-electron chi connectivity index (χ3n) is 2.03. The number of hydrogen-bond acceptors (Lipinski definition) is 4. The maximum atomic E-state index is 6.07. The highest BCUT2D eigenvalue weighted by Crippen LogP contribution is 2.31. The van der Waals surface area contributed by atoms with Crippen molar-refractivity contribution in [2.75, 3.05) is 0 Å². The van der Waals surface area contributed by atoms with Crippen LogP contribution in [-0.2, 0) is 0 Å². The van der Waals surface area contributed by atoms with Gasteiger partial charge in [0.15, 0.2) is 5.15 Å². The third-order valence-corrected chi connectivity index (χ3v) is 3.37. The summed E-state index contributed by atoms with van der Waals surface area (Å²) in [7, 11) is 0. The molecule has 80 valence electrons. The van der Waals surface area contributed by atoms with Crippen molar-refractivity contribution in [2.24, 2.45) is 0 Å². The Balaban J connectivity index is 2.12. The molecule has 3 aromatic heterocycles. The zero-order valence-electron chi connectivity index (χ0n) is 7.96. The van der Waals surface area contributed by atoms with Gasteiger partial charge in [-0.05, 0) is 23.9 Å². The number of pyridine rings is 1. The number of fused-ring (bicyclic) bond motifs is 1. The Bertz CT molecular complexity index is 618. The first-order valence-corrected chi connectivity index (χ1v) is 5.70. The standard InChI is InChI=1S/C9H6ClN5S/c10-7-8(16-9-11-5-12-14-9)15-4-2-1-3-6(15)13-7/h1-5H,(H,11,12,14). The second-order valence-electron chi connectivity index (χ2n) is 3.02. The lowest BCUT2D eigenvalue weighted by atomic mass is 10.5. The minimum Gasteiger partial charge on any atom is -0.293 e. The van der Waals surface area contributed by atoms with E-state index in [1.807, 2.05) is 28.8 Å². The molecule has 0 bridgehead atoms. The highest BCUT2D eigenvalue weighted by atomic mass is 35.5. The summed E-state index contributed by atoms with van der Waals surface area (Å²) in [6, 6.07) is 5.74. The number of aromatic nitrogens is 5. The van der Waals surface area contributed by atoms with Gasteiger partial charge in [0, 0.05) is 6.20 Å². The Kier molecular flexibility index (Phi) is 2.30. The van der Waals surface area contributed by atoms with Gasteiger partial charge < -0.3 is 0 Å². The average Bonchev–Trinajstić information content (AvgIpc) is 2.89. The molecule has 3 aromatic rings. The first-order valence-electron chi connectivity index (χ1n) is 4.51. The number of aromatic amines is 1. The van der Waals surface area contributed by atoms with Gasteiger partial charge in [0.2, 0.25) is 5.16 Å². The maximum Gasteiger partial charge on any atom is 0.214 e. The van der Waals surface area contributed by atoms with Gasteiger partial charge in [-0.1, -0.05) is 17.7 Å². The smallest absolute Gasteiger partial charge is 0.214 e. The van der Waals surface area contributed by atoms with E-state index in [-0.39, 0.29) is 0 Å². The van der Waals surface area contributed by atoms with Crippen LogP contribution in [0.5, 0.6) is 0 Å². The molecule has 0 saturated heterocycles. The summed E-state index contributed by atoms with van der Waals surface area (Å²) >= 11 is 7.44. The molecule has 0 fully saturated rings. The van der Waals surface area contributed by atoms with Crippen LogP contribution in [0.4, 0.5) is 0 Å². The predicted octanol–water partition coefficient (Wildman–Crippen LogP) is 2.26. The molecule has 0 aromatic carbocycles. The van der Waals surface area contributed by atoms with Gasteiger partial charge in [0.25, 0.3) is 0 Å². The van der Waals surface area contributed by atoms with E-state index < -0.39 is 0 Å². The molecule has 0 aliphatic heterocycles. The van der Waals surface area contributed by atoms with Crippen LogP contribution in [0.25, 0.3) is 5.65 Å². The van der Waals surface area contributed by atoms with Gasteiger partial charge >= 0.3 is 0 Å². The fraction of sp³-hybridized carbons (Fsp3) is 0. The fourth-order valence-electron chi connectivity index (χ4n) is 1.37. The number of H-pyrrole nitrogens is 1. The lowest BCUT2D eigenvalue weighted by Gasteiger charge is -1.97. The van der Waals surface area contributed by atoms with Crippen molar-refractivity contribution in [1.82, 2.24) is 24.6 Å². The highest BCUT2D eigenvalue weighted by molar-refractivity contribution is 7.99. The number of nitrogens with zero attached hydrogens (tertiary/aromatic N) is 4. The van der Waals surface area contributed by atoms with E-state index in [4.69, 9.17) is 11.6 Å². The van der Waals surface area contributed by atoms with Crippen LogP contribution in [0.1, 0.15) is 0 Å². The maximum absolute atomic E-state index is 6.07. The Labute approximate surface area is 99.9 Å². The van der Waals surface area contributed by atoms with Gasteiger partial charge in [0.1, 0.15) is 17.0 Å². The van der Waals surface area contributed by atoms with Crippen molar-refractivity contribution in [1.29, 1.82) is 0 Å². The summed E-state index contributed by atoms with van der Waals surface area (Å²) in [5, 5.41) is 8.52. The lowest BCUT2D eigenvalue weighted by molar-refractivity contribution is 0.961. The quantitative estimate of drug-likeness (QED) is 0.759. The van der Waals surface area contributed by atoms with E-state index in [2.05, 4.69) is 20.2 Å². The molecule has 3 rings (SSSR count). The van der Waals surface area contributed by atoms with Crippen molar-refractivity contribution in [3.63, 3.8) is 0 Å². The summed E-state index contributed by atoms with van der Waals surface area (Å²) in [4.78, 5) is 8.27. The SMILES string of the molecule is Clc1nc2ccccn2c1Sc1nc[nH]n1. The molecular weight excluding hydrogens is 246 g/mol. The molecule has 1 N–H and O–H groups in total. The zero-order chi connectivity index (χ0) is 11.0. The van der Waals surface area contributed by atoms with E-state index in [1.165, 1.54) is 18.1 Å². The zero-order valence-corrected chi connectivity index (χ0v) is 9.53. The fourth-order valence-corrected chi connectivity index (χ4v) is 2.42. The Morgan fingerprint density at radius 1 is 1.38 bits per heavy atom. The topological polar surface area (TPSA) is 58.9 Å². The minimum absolute atomic E-state index is 0.459.